The molecule has 2 amide bonds. The number of halogens is 1. The number of aliphatic carboxylic acids is 1. The highest BCUT2D eigenvalue weighted by atomic mass is 35.5. The molecule has 4 N–H and O–H groups in total. The van der Waals surface area contributed by atoms with Crippen LogP contribution in [-0.4, -0.2) is 52.7 Å². The zero-order valence-electron chi connectivity index (χ0n) is 14.7. The number of primary amides is 1. The van der Waals surface area contributed by atoms with Gasteiger partial charge in [-0.1, -0.05) is 23.4 Å². The maximum absolute atomic E-state index is 11.7. The average molecular weight is 429 g/mol. The normalized spacial score (nSPS) is 17.7. The Kier molecular flexibility index (Phi) is 7.64. The number of amidine groups is 1. The average Bonchev–Trinajstić information content (AvgIpc) is 2.93. The molecule has 1 aliphatic heterocycles. The largest absolute Gasteiger partial charge is 0.490 e. The number of nitrogens with zero attached hydrogens (tertiary/aromatic N) is 2. The molecule has 10 nitrogen and oxygen atoms in total. The summed E-state index contributed by atoms with van der Waals surface area (Å²) in [5, 5.41) is 18.6. The zero-order chi connectivity index (χ0) is 20.7. The first-order valence-electron chi connectivity index (χ1n) is 7.98. The van der Waals surface area contributed by atoms with Crippen molar-refractivity contribution in [1.82, 2.24) is 5.32 Å². The summed E-state index contributed by atoms with van der Waals surface area (Å²) in [6.45, 7) is 1.75. The van der Waals surface area contributed by atoms with Crippen molar-refractivity contribution < 1.29 is 29.0 Å². The highest BCUT2D eigenvalue weighted by Crippen LogP contribution is 2.36. The van der Waals surface area contributed by atoms with Crippen LogP contribution in [0.2, 0.25) is 5.02 Å². The second-order valence-corrected chi connectivity index (χ2v) is 6.96. The molecule has 1 aromatic rings. The van der Waals surface area contributed by atoms with Crippen LogP contribution in [0.5, 0.6) is 11.5 Å². The molecule has 2 rings (SSSR count). The fourth-order valence-electron chi connectivity index (χ4n) is 2.10. The van der Waals surface area contributed by atoms with Crippen LogP contribution in [0.3, 0.4) is 0 Å². The quantitative estimate of drug-likeness (QED) is 0.391. The highest BCUT2D eigenvalue weighted by molar-refractivity contribution is 8.15. The number of nitrogens with two attached hydrogens (primary N) is 1. The second kappa shape index (κ2) is 9.95. The number of ether oxygens (including phenoxy) is 2. The maximum Gasteiger partial charge on any atom is 0.305 e. The minimum absolute atomic E-state index is 0.181. The third kappa shape index (κ3) is 6.13. The first kappa shape index (κ1) is 21.5. The van der Waals surface area contributed by atoms with Gasteiger partial charge in [0.05, 0.1) is 24.3 Å². The SMILES string of the molecule is CCOc1cc(C=NN=C2NC(=O)C(CC(=O)O)S2)cc(Cl)c1OCC(N)=O. The van der Waals surface area contributed by atoms with Crippen LogP contribution in [0, 0.1) is 0 Å². The van der Waals surface area contributed by atoms with Crippen LogP contribution in [0.25, 0.3) is 0 Å². The van der Waals surface area contributed by atoms with Gasteiger partial charge in [0.1, 0.15) is 5.25 Å². The van der Waals surface area contributed by atoms with E-state index in [0.717, 1.165) is 11.8 Å². The summed E-state index contributed by atoms with van der Waals surface area (Å²) in [5.74, 6) is -1.68. The van der Waals surface area contributed by atoms with E-state index in [1.807, 2.05) is 0 Å². The predicted octanol–water partition coefficient (Wildman–Crippen LogP) is 0.999. The molecule has 0 bridgehead atoms. The molecule has 28 heavy (non-hydrogen) atoms. The van der Waals surface area contributed by atoms with E-state index < -0.39 is 23.0 Å². The van der Waals surface area contributed by atoms with Crippen LogP contribution in [0.4, 0.5) is 0 Å². The van der Waals surface area contributed by atoms with E-state index in [2.05, 4.69) is 15.5 Å². The van der Waals surface area contributed by atoms with Gasteiger partial charge in [-0.3, -0.25) is 14.4 Å². The Balaban J connectivity index is 2.14. The van der Waals surface area contributed by atoms with Gasteiger partial charge in [0.15, 0.2) is 23.3 Å². The molecule has 1 atom stereocenters. The molecule has 0 saturated carbocycles. The summed E-state index contributed by atoms with van der Waals surface area (Å²) in [5.41, 5.74) is 5.60. The number of carboxylic acid groups (broad SMARTS) is 1. The molecule has 1 unspecified atom stereocenters. The maximum atomic E-state index is 11.7. The van der Waals surface area contributed by atoms with E-state index in [0.29, 0.717) is 17.9 Å². The summed E-state index contributed by atoms with van der Waals surface area (Å²) in [4.78, 5) is 33.3. The first-order valence-corrected chi connectivity index (χ1v) is 9.23. The minimum Gasteiger partial charge on any atom is -0.490 e. The zero-order valence-corrected chi connectivity index (χ0v) is 16.2. The lowest BCUT2D eigenvalue weighted by atomic mass is 10.2. The van der Waals surface area contributed by atoms with Gasteiger partial charge in [-0.15, -0.1) is 5.10 Å². The Hall–Kier alpha value is -2.79. The number of carbonyl (C=O) groups excluding carboxylic acids is 2. The molecule has 0 radical (unpaired) electrons. The van der Waals surface area contributed by atoms with Crippen LogP contribution < -0.4 is 20.5 Å². The lowest BCUT2D eigenvalue weighted by molar-refractivity contribution is -0.138. The topological polar surface area (TPSA) is 153 Å². The Morgan fingerprint density at radius 3 is 2.82 bits per heavy atom. The van der Waals surface area contributed by atoms with E-state index in [1.165, 1.54) is 12.3 Å². The van der Waals surface area contributed by atoms with E-state index in [9.17, 15) is 14.4 Å². The molecule has 1 aliphatic rings. The molecule has 150 valence electrons. The fraction of sp³-hybridized carbons (Fsp3) is 0.312. The van der Waals surface area contributed by atoms with Crippen LogP contribution >= 0.6 is 23.4 Å². The van der Waals surface area contributed by atoms with Gasteiger partial charge in [-0.2, -0.15) is 5.10 Å². The Bertz CT molecular complexity index is 845. The van der Waals surface area contributed by atoms with Crippen molar-refractivity contribution in [2.75, 3.05) is 13.2 Å². The van der Waals surface area contributed by atoms with Crippen LogP contribution in [-0.2, 0) is 14.4 Å². The summed E-state index contributed by atoms with van der Waals surface area (Å²) in [6, 6.07) is 3.11. The predicted molar refractivity (Wildman–Crippen MR) is 104 cm³/mol. The second-order valence-electron chi connectivity index (χ2n) is 5.36. The smallest absolute Gasteiger partial charge is 0.305 e. The van der Waals surface area contributed by atoms with Crippen molar-refractivity contribution in [1.29, 1.82) is 0 Å². The summed E-state index contributed by atoms with van der Waals surface area (Å²) in [7, 11) is 0. The van der Waals surface area contributed by atoms with Crippen molar-refractivity contribution in [2.24, 2.45) is 15.9 Å². The molecule has 12 heteroatoms. The summed E-state index contributed by atoms with van der Waals surface area (Å²) < 4.78 is 10.7. The third-order valence-electron chi connectivity index (χ3n) is 3.18. The van der Waals surface area contributed by atoms with E-state index >= 15 is 0 Å². The van der Waals surface area contributed by atoms with Crippen molar-refractivity contribution in [2.45, 2.75) is 18.6 Å². The lowest BCUT2D eigenvalue weighted by Crippen LogP contribution is -2.26. The Morgan fingerprint density at radius 2 is 2.18 bits per heavy atom. The van der Waals surface area contributed by atoms with Crippen molar-refractivity contribution in [3.63, 3.8) is 0 Å². The number of carboxylic acids is 1. The Labute approximate surface area is 169 Å². The van der Waals surface area contributed by atoms with Gasteiger partial charge in [0.2, 0.25) is 5.91 Å². The van der Waals surface area contributed by atoms with Crippen molar-refractivity contribution in [3.8, 4) is 11.5 Å². The fourth-order valence-corrected chi connectivity index (χ4v) is 3.29. The number of nitrogens with one attached hydrogen (secondary N) is 1. The van der Waals surface area contributed by atoms with Gasteiger partial charge in [0.25, 0.3) is 5.91 Å². The number of amides is 2. The van der Waals surface area contributed by atoms with Crippen LogP contribution in [0.15, 0.2) is 22.3 Å². The van der Waals surface area contributed by atoms with E-state index in [-0.39, 0.29) is 29.0 Å². The standard InChI is InChI=1S/C16H17ClN4O6S/c1-2-26-10-4-8(3-9(17)14(10)27-7-12(18)22)6-19-21-16-20-15(25)11(28-16)5-13(23)24/h3-4,6,11H,2,5,7H2,1H3,(H2,18,22)(H,23,24)(H,20,21,25). The number of hydrogen-bond acceptors (Lipinski definition) is 8. The molecule has 0 aromatic heterocycles. The molecular formula is C16H17ClN4O6S. The molecule has 1 saturated heterocycles. The van der Waals surface area contributed by atoms with Gasteiger partial charge in [0, 0.05) is 5.56 Å². The molecule has 1 aromatic carbocycles. The number of rotatable bonds is 9. The number of hydrogen-bond donors (Lipinski definition) is 3. The lowest BCUT2D eigenvalue weighted by Gasteiger charge is -2.13. The monoisotopic (exact) mass is 428 g/mol. The Morgan fingerprint density at radius 1 is 1.43 bits per heavy atom. The molecular weight excluding hydrogens is 412 g/mol. The van der Waals surface area contributed by atoms with E-state index in [4.69, 9.17) is 31.9 Å². The highest BCUT2D eigenvalue weighted by Gasteiger charge is 2.32. The van der Waals surface area contributed by atoms with Crippen molar-refractivity contribution >= 4 is 52.5 Å². The van der Waals surface area contributed by atoms with Gasteiger partial charge in [-0.25, -0.2) is 0 Å². The summed E-state index contributed by atoms with van der Waals surface area (Å²) >= 11 is 7.16. The third-order valence-corrected chi connectivity index (χ3v) is 4.54. The van der Waals surface area contributed by atoms with Gasteiger partial charge >= 0.3 is 5.97 Å². The van der Waals surface area contributed by atoms with Crippen molar-refractivity contribution in [3.05, 3.63) is 22.7 Å². The van der Waals surface area contributed by atoms with Gasteiger partial charge in [-0.05, 0) is 19.1 Å². The van der Waals surface area contributed by atoms with Crippen LogP contribution in [0.1, 0.15) is 18.9 Å². The molecule has 0 spiro atoms. The number of carbonyl (C=O) groups is 3. The first-order chi connectivity index (χ1) is 13.3. The molecule has 0 aliphatic carbocycles. The molecule has 1 fully saturated rings. The molecule has 1 heterocycles. The van der Waals surface area contributed by atoms with Gasteiger partial charge < -0.3 is 25.6 Å². The minimum atomic E-state index is -1.07. The number of thioether (sulfide) groups is 1. The summed E-state index contributed by atoms with van der Waals surface area (Å²) in [6.07, 6.45) is 1.07. The number of benzene rings is 1. The van der Waals surface area contributed by atoms with E-state index in [1.54, 1.807) is 13.0 Å².